The van der Waals surface area contributed by atoms with Gasteiger partial charge >= 0.3 is 0 Å². The number of nitrogens with one attached hydrogen (secondary N) is 1. The van der Waals surface area contributed by atoms with E-state index < -0.39 is 0 Å². The van der Waals surface area contributed by atoms with Crippen molar-refractivity contribution >= 4 is 12.0 Å². The first-order valence-electron chi connectivity index (χ1n) is 4.70. The Labute approximate surface area is 82.9 Å². The Morgan fingerprint density at radius 3 is 2.86 bits per heavy atom. The van der Waals surface area contributed by atoms with Crippen LogP contribution in [0.2, 0.25) is 0 Å². The number of nitrogens with zero attached hydrogens (tertiary/aromatic N) is 1. The Balaban J connectivity index is 2.32. The molecule has 0 radical (unpaired) electrons. The van der Waals surface area contributed by atoms with E-state index in [2.05, 4.69) is 10.3 Å². The first-order chi connectivity index (χ1) is 6.92. The molecule has 72 valence electrons. The van der Waals surface area contributed by atoms with E-state index in [1.165, 1.54) is 0 Å². The van der Waals surface area contributed by atoms with E-state index in [0.717, 1.165) is 30.7 Å². The van der Waals surface area contributed by atoms with E-state index in [9.17, 15) is 4.79 Å². The molecule has 0 saturated heterocycles. The van der Waals surface area contributed by atoms with E-state index in [4.69, 9.17) is 0 Å². The lowest BCUT2D eigenvalue weighted by molar-refractivity contribution is -0.108. The average Bonchev–Trinajstić information content (AvgIpc) is 2.30. The Kier molecular flexibility index (Phi) is 2.70. The van der Waals surface area contributed by atoms with E-state index >= 15 is 0 Å². The Hall–Kier alpha value is -1.48. The Morgan fingerprint density at radius 1 is 1.36 bits per heavy atom. The lowest BCUT2D eigenvalue weighted by Crippen LogP contribution is -2.43. The van der Waals surface area contributed by atoms with Crippen LogP contribution in [0.3, 0.4) is 0 Å². The van der Waals surface area contributed by atoms with Gasteiger partial charge in [0.05, 0.1) is 12.3 Å². The van der Waals surface area contributed by atoms with Crippen molar-refractivity contribution < 1.29 is 4.79 Å². The van der Waals surface area contributed by atoms with Gasteiger partial charge in [0, 0.05) is 6.54 Å². The quantitative estimate of drug-likeness (QED) is 0.692. The van der Waals surface area contributed by atoms with E-state index in [1.807, 2.05) is 30.3 Å². The highest BCUT2D eigenvalue weighted by Gasteiger charge is 2.18. The molecule has 3 heteroatoms. The second-order valence-electron chi connectivity index (χ2n) is 3.20. The van der Waals surface area contributed by atoms with Crippen LogP contribution in [0.25, 0.3) is 0 Å². The van der Waals surface area contributed by atoms with Gasteiger partial charge < -0.3 is 10.1 Å². The fourth-order valence-corrected chi connectivity index (χ4v) is 1.58. The van der Waals surface area contributed by atoms with Gasteiger partial charge in [0.2, 0.25) is 0 Å². The van der Waals surface area contributed by atoms with Crippen molar-refractivity contribution in [3.8, 4) is 0 Å². The first kappa shape index (κ1) is 9.09. The maximum Gasteiger partial charge on any atom is 0.143 e. The van der Waals surface area contributed by atoms with Gasteiger partial charge in [0.1, 0.15) is 12.3 Å². The smallest absolute Gasteiger partial charge is 0.143 e. The highest BCUT2D eigenvalue weighted by Crippen LogP contribution is 2.06. The maximum atomic E-state index is 10.8. The number of hydrogen-bond acceptors (Lipinski definition) is 3. The molecule has 1 aliphatic rings. The van der Waals surface area contributed by atoms with Gasteiger partial charge in [-0.25, -0.2) is 0 Å². The standard InChI is InChI=1S/C11H12N2O/c14-8-10-11(13-7-6-12-10)9-4-2-1-3-5-9/h1-5,8,10,12H,6-7H2. The van der Waals surface area contributed by atoms with Crippen LogP contribution in [0.4, 0.5) is 0 Å². The number of aldehydes is 1. The van der Waals surface area contributed by atoms with Crippen LogP contribution in [0.1, 0.15) is 5.56 Å². The number of carbonyl (C=O) groups is 1. The van der Waals surface area contributed by atoms with Crippen molar-refractivity contribution in [1.29, 1.82) is 0 Å². The molecule has 1 unspecified atom stereocenters. The summed E-state index contributed by atoms with van der Waals surface area (Å²) in [6.07, 6.45) is 0.908. The van der Waals surface area contributed by atoms with Crippen LogP contribution >= 0.6 is 0 Å². The summed E-state index contributed by atoms with van der Waals surface area (Å²) in [5.41, 5.74) is 1.88. The molecule has 1 heterocycles. The number of rotatable bonds is 2. The summed E-state index contributed by atoms with van der Waals surface area (Å²) < 4.78 is 0. The van der Waals surface area contributed by atoms with Crippen LogP contribution < -0.4 is 5.32 Å². The van der Waals surface area contributed by atoms with Crippen molar-refractivity contribution in [3.05, 3.63) is 35.9 Å². The van der Waals surface area contributed by atoms with Crippen molar-refractivity contribution in [1.82, 2.24) is 5.32 Å². The predicted octanol–water partition coefficient (Wildman–Crippen LogP) is 0.646. The Morgan fingerprint density at radius 2 is 2.14 bits per heavy atom. The fourth-order valence-electron chi connectivity index (χ4n) is 1.58. The maximum absolute atomic E-state index is 10.8. The van der Waals surface area contributed by atoms with Gasteiger partial charge in [-0.2, -0.15) is 0 Å². The summed E-state index contributed by atoms with van der Waals surface area (Å²) in [6, 6.07) is 9.56. The van der Waals surface area contributed by atoms with Crippen molar-refractivity contribution in [2.45, 2.75) is 6.04 Å². The summed E-state index contributed by atoms with van der Waals surface area (Å²) in [5, 5.41) is 3.12. The third kappa shape index (κ3) is 1.72. The molecule has 1 aliphatic heterocycles. The SMILES string of the molecule is O=CC1NCCN=C1c1ccccc1. The molecular formula is C11H12N2O. The predicted molar refractivity (Wildman–Crippen MR) is 55.7 cm³/mol. The van der Waals surface area contributed by atoms with Crippen LogP contribution in [0.5, 0.6) is 0 Å². The molecule has 2 rings (SSSR count). The highest BCUT2D eigenvalue weighted by atomic mass is 16.1. The van der Waals surface area contributed by atoms with E-state index in [-0.39, 0.29) is 6.04 Å². The largest absolute Gasteiger partial charge is 0.301 e. The van der Waals surface area contributed by atoms with E-state index in [1.54, 1.807) is 0 Å². The molecule has 1 N–H and O–H groups in total. The summed E-state index contributed by atoms with van der Waals surface area (Å²) in [4.78, 5) is 15.2. The average molecular weight is 188 g/mol. The molecule has 0 bridgehead atoms. The van der Waals surface area contributed by atoms with Crippen LogP contribution in [-0.2, 0) is 4.79 Å². The molecule has 0 spiro atoms. The molecule has 1 aromatic carbocycles. The molecule has 0 aromatic heterocycles. The molecular weight excluding hydrogens is 176 g/mol. The zero-order valence-electron chi connectivity index (χ0n) is 7.81. The van der Waals surface area contributed by atoms with Crippen molar-refractivity contribution in [3.63, 3.8) is 0 Å². The zero-order chi connectivity index (χ0) is 9.80. The molecule has 0 aliphatic carbocycles. The van der Waals surface area contributed by atoms with Gasteiger partial charge in [0.15, 0.2) is 0 Å². The van der Waals surface area contributed by atoms with Crippen molar-refractivity contribution in [2.24, 2.45) is 4.99 Å². The minimum atomic E-state index is -0.244. The lowest BCUT2D eigenvalue weighted by atomic mass is 10.0. The minimum absolute atomic E-state index is 0.244. The summed E-state index contributed by atoms with van der Waals surface area (Å²) in [5.74, 6) is 0. The molecule has 0 saturated carbocycles. The second kappa shape index (κ2) is 4.15. The number of aliphatic imine (C=N–C) groups is 1. The third-order valence-corrected chi connectivity index (χ3v) is 2.26. The second-order valence-corrected chi connectivity index (χ2v) is 3.20. The Bertz CT molecular complexity index is 346. The van der Waals surface area contributed by atoms with Gasteiger partial charge in [-0.3, -0.25) is 4.99 Å². The first-order valence-corrected chi connectivity index (χ1v) is 4.70. The molecule has 1 atom stereocenters. The molecule has 14 heavy (non-hydrogen) atoms. The van der Waals surface area contributed by atoms with Gasteiger partial charge in [-0.1, -0.05) is 30.3 Å². The monoisotopic (exact) mass is 188 g/mol. The molecule has 0 amide bonds. The van der Waals surface area contributed by atoms with Gasteiger partial charge in [-0.15, -0.1) is 0 Å². The number of carbonyl (C=O) groups excluding carboxylic acids is 1. The van der Waals surface area contributed by atoms with Gasteiger partial charge in [0.25, 0.3) is 0 Å². The minimum Gasteiger partial charge on any atom is -0.301 e. The van der Waals surface area contributed by atoms with E-state index in [0.29, 0.717) is 0 Å². The van der Waals surface area contributed by atoms with Crippen molar-refractivity contribution in [2.75, 3.05) is 13.1 Å². The summed E-state index contributed by atoms with van der Waals surface area (Å²) in [6.45, 7) is 1.52. The van der Waals surface area contributed by atoms with Crippen LogP contribution in [0, 0.1) is 0 Å². The number of hydrogen-bond donors (Lipinski definition) is 1. The molecule has 1 aromatic rings. The lowest BCUT2D eigenvalue weighted by Gasteiger charge is -2.19. The molecule has 0 fully saturated rings. The normalized spacial score (nSPS) is 21.4. The summed E-state index contributed by atoms with van der Waals surface area (Å²) >= 11 is 0. The molecule has 3 nitrogen and oxygen atoms in total. The number of benzene rings is 1. The highest BCUT2D eigenvalue weighted by molar-refractivity contribution is 6.12. The van der Waals surface area contributed by atoms with Gasteiger partial charge in [-0.05, 0) is 5.56 Å². The summed E-state index contributed by atoms with van der Waals surface area (Å²) in [7, 11) is 0. The zero-order valence-corrected chi connectivity index (χ0v) is 7.81. The third-order valence-electron chi connectivity index (χ3n) is 2.26. The van der Waals surface area contributed by atoms with Crippen LogP contribution in [0.15, 0.2) is 35.3 Å². The van der Waals surface area contributed by atoms with Crippen LogP contribution in [-0.4, -0.2) is 31.1 Å². The fraction of sp³-hybridized carbons (Fsp3) is 0.273. The topological polar surface area (TPSA) is 41.5 Å².